The van der Waals surface area contributed by atoms with Gasteiger partial charge in [0.25, 0.3) is 5.91 Å². The van der Waals surface area contributed by atoms with Crippen LogP contribution in [0.15, 0.2) is 30.3 Å². The van der Waals surface area contributed by atoms with Crippen molar-refractivity contribution in [2.75, 3.05) is 0 Å². The summed E-state index contributed by atoms with van der Waals surface area (Å²) < 4.78 is 38.4. The molecular weight excluding hydrogens is 255 g/mol. The van der Waals surface area contributed by atoms with Gasteiger partial charge in [-0.1, -0.05) is 44.4 Å². The Morgan fingerprint density at radius 1 is 1.21 bits per heavy atom. The Morgan fingerprint density at radius 3 is 2.37 bits per heavy atom. The van der Waals surface area contributed by atoms with Gasteiger partial charge in [0.2, 0.25) is 0 Å². The molecule has 1 aromatic carbocycles. The average Bonchev–Trinajstić information content (AvgIpc) is 2.37. The van der Waals surface area contributed by atoms with Gasteiger partial charge in [-0.3, -0.25) is 4.79 Å². The van der Waals surface area contributed by atoms with Crippen molar-refractivity contribution in [2.45, 2.75) is 44.8 Å². The quantitative estimate of drug-likeness (QED) is 0.782. The maximum absolute atomic E-state index is 12.8. The molecule has 0 radical (unpaired) electrons. The lowest BCUT2D eigenvalue weighted by Gasteiger charge is -2.21. The monoisotopic (exact) mass is 273 g/mol. The molecule has 19 heavy (non-hydrogen) atoms. The topological polar surface area (TPSA) is 29.1 Å². The van der Waals surface area contributed by atoms with Crippen molar-refractivity contribution in [2.24, 2.45) is 0 Å². The zero-order chi connectivity index (χ0) is 14.3. The molecule has 2 nitrogen and oxygen atoms in total. The lowest BCUT2D eigenvalue weighted by Crippen LogP contribution is -2.45. The van der Waals surface area contributed by atoms with Crippen molar-refractivity contribution >= 4 is 5.91 Å². The van der Waals surface area contributed by atoms with E-state index < -0.39 is 18.1 Å². The normalized spacial score (nSPS) is 13.1. The summed E-state index contributed by atoms with van der Waals surface area (Å²) in [5.41, 5.74) is 0.243. The van der Waals surface area contributed by atoms with Gasteiger partial charge < -0.3 is 5.32 Å². The first-order chi connectivity index (χ1) is 8.95. The summed E-state index contributed by atoms with van der Waals surface area (Å²) in [4.78, 5) is 11.7. The van der Waals surface area contributed by atoms with E-state index in [1.165, 1.54) is 12.1 Å². The van der Waals surface area contributed by atoms with E-state index in [2.05, 4.69) is 5.32 Å². The van der Waals surface area contributed by atoms with Crippen molar-refractivity contribution in [3.05, 3.63) is 35.9 Å². The molecule has 0 saturated heterocycles. The Morgan fingerprint density at radius 2 is 1.84 bits per heavy atom. The Kier molecular flexibility index (Phi) is 5.86. The fraction of sp³-hybridized carbons (Fsp3) is 0.500. The predicted octanol–water partition coefficient (Wildman–Crippen LogP) is 3.93. The highest BCUT2D eigenvalue weighted by Gasteiger charge is 2.40. The maximum atomic E-state index is 12.8. The molecule has 106 valence electrons. The van der Waals surface area contributed by atoms with Gasteiger partial charge in [-0.15, -0.1) is 0 Å². The van der Waals surface area contributed by atoms with Gasteiger partial charge in [-0.05, 0) is 18.6 Å². The van der Waals surface area contributed by atoms with Gasteiger partial charge in [-0.2, -0.15) is 13.2 Å². The van der Waals surface area contributed by atoms with Crippen LogP contribution in [0.1, 0.15) is 43.0 Å². The van der Waals surface area contributed by atoms with Crippen LogP contribution in [0.2, 0.25) is 0 Å². The molecule has 0 aliphatic carbocycles. The number of benzene rings is 1. The number of halogens is 3. The van der Waals surface area contributed by atoms with E-state index in [1.54, 1.807) is 18.2 Å². The van der Waals surface area contributed by atoms with Gasteiger partial charge >= 0.3 is 6.18 Å². The second-order valence-corrected chi connectivity index (χ2v) is 4.43. The molecule has 0 spiro atoms. The molecule has 1 rings (SSSR count). The molecule has 0 saturated carbocycles. The molecule has 0 aliphatic rings. The zero-order valence-electron chi connectivity index (χ0n) is 10.8. The predicted molar refractivity (Wildman–Crippen MR) is 67.9 cm³/mol. The van der Waals surface area contributed by atoms with Crippen molar-refractivity contribution in [3.63, 3.8) is 0 Å². The number of carbonyl (C=O) groups excluding carboxylic acids is 1. The molecule has 1 aromatic rings. The van der Waals surface area contributed by atoms with Gasteiger partial charge in [0.15, 0.2) is 0 Å². The molecule has 5 heteroatoms. The number of amides is 1. The fourth-order valence-electron chi connectivity index (χ4n) is 1.75. The minimum Gasteiger partial charge on any atom is -0.340 e. The lowest BCUT2D eigenvalue weighted by molar-refractivity contribution is -0.155. The van der Waals surface area contributed by atoms with Crippen LogP contribution in [-0.4, -0.2) is 18.1 Å². The highest BCUT2D eigenvalue weighted by atomic mass is 19.4. The Balaban J connectivity index is 2.64. The van der Waals surface area contributed by atoms with E-state index in [0.717, 1.165) is 12.8 Å². The smallest absolute Gasteiger partial charge is 0.340 e. The van der Waals surface area contributed by atoms with Crippen LogP contribution in [0, 0.1) is 0 Å². The van der Waals surface area contributed by atoms with E-state index in [9.17, 15) is 18.0 Å². The lowest BCUT2D eigenvalue weighted by atomic mass is 10.1. The highest BCUT2D eigenvalue weighted by Crippen LogP contribution is 2.24. The number of nitrogens with one attached hydrogen (secondary N) is 1. The van der Waals surface area contributed by atoms with Crippen LogP contribution >= 0.6 is 0 Å². The summed E-state index contributed by atoms with van der Waals surface area (Å²) in [6, 6.07) is 6.17. The first-order valence-corrected chi connectivity index (χ1v) is 6.37. The van der Waals surface area contributed by atoms with Crippen LogP contribution in [0.4, 0.5) is 13.2 Å². The molecule has 1 amide bonds. The largest absolute Gasteiger partial charge is 0.408 e. The van der Waals surface area contributed by atoms with E-state index >= 15 is 0 Å². The second-order valence-electron chi connectivity index (χ2n) is 4.43. The van der Waals surface area contributed by atoms with Crippen molar-refractivity contribution in [1.29, 1.82) is 0 Å². The van der Waals surface area contributed by atoms with Gasteiger partial charge in [-0.25, -0.2) is 0 Å². The van der Waals surface area contributed by atoms with Gasteiger partial charge in [0.05, 0.1) is 0 Å². The summed E-state index contributed by atoms with van der Waals surface area (Å²) in [6.45, 7) is 1.92. The minimum absolute atomic E-state index is 0.0735. The number of unbranched alkanes of at least 4 members (excludes halogenated alkanes) is 2. The first kappa shape index (κ1) is 15.5. The van der Waals surface area contributed by atoms with E-state index in [-0.39, 0.29) is 12.0 Å². The van der Waals surface area contributed by atoms with Crippen LogP contribution in [0.3, 0.4) is 0 Å². The maximum Gasteiger partial charge on any atom is 0.408 e. The van der Waals surface area contributed by atoms with Crippen molar-refractivity contribution in [1.82, 2.24) is 5.32 Å². The molecule has 0 unspecified atom stereocenters. The molecule has 1 atom stereocenters. The van der Waals surface area contributed by atoms with Crippen LogP contribution in [-0.2, 0) is 0 Å². The number of carbonyl (C=O) groups is 1. The molecule has 1 N–H and O–H groups in total. The highest BCUT2D eigenvalue weighted by molar-refractivity contribution is 5.94. The number of hydrogen-bond acceptors (Lipinski definition) is 1. The standard InChI is InChI=1S/C14H18F3NO/c1-2-3-5-10-12(14(15,16)17)18-13(19)11-8-6-4-7-9-11/h4,6-9,12H,2-3,5,10H2,1H3,(H,18,19)/t12-/m1/s1. The third-order valence-electron chi connectivity index (χ3n) is 2.83. The SMILES string of the molecule is CCCCC[C@@H](NC(=O)c1ccccc1)C(F)(F)F. The van der Waals surface area contributed by atoms with E-state index in [4.69, 9.17) is 0 Å². The Hall–Kier alpha value is -1.52. The van der Waals surface area contributed by atoms with Gasteiger partial charge in [0, 0.05) is 5.56 Å². The van der Waals surface area contributed by atoms with Crippen LogP contribution < -0.4 is 5.32 Å². The fourth-order valence-corrected chi connectivity index (χ4v) is 1.75. The molecular formula is C14H18F3NO. The summed E-state index contributed by atoms with van der Waals surface area (Å²) in [5, 5.41) is 2.07. The average molecular weight is 273 g/mol. The Bertz CT molecular complexity index is 389. The van der Waals surface area contributed by atoms with E-state index in [0.29, 0.717) is 6.42 Å². The summed E-state index contributed by atoms with van der Waals surface area (Å²) in [7, 11) is 0. The minimum atomic E-state index is -4.40. The van der Waals surface area contributed by atoms with Gasteiger partial charge in [0.1, 0.15) is 6.04 Å². The molecule has 0 bridgehead atoms. The summed E-state index contributed by atoms with van der Waals surface area (Å²) in [6.07, 6.45) is -2.45. The molecule has 0 heterocycles. The summed E-state index contributed by atoms with van der Waals surface area (Å²) >= 11 is 0. The van der Waals surface area contributed by atoms with Crippen molar-refractivity contribution < 1.29 is 18.0 Å². The third kappa shape index (κ3) is 5.32. The molecule has 0 fully saturated rings. The molecule has 0 aromatic heterocycles. The zero-order valence-corrected chi connectivity index (χ0v) is 10.8. The Labute approximate surface area is 111 Å². The van der Waals surface area contributed by atoms with Crippen molar-refractivity contribution in [3.8, 4) is 0 Å². The number of hydrogen-bond donors (Lipinski definition) is 1. The van der Waals surface area contributed by atoms with E-state index in [1.807, 2.05) is 6.92 Å². The number of alkyl halides is 3. The second kappa shape index (κ2) is 7.16. The first-order valence-electron chi connectivity index (χ1n) is 6.37. The summed E-state index contributed by atoms with van der Waals surface area (Å²) in [5.74, 6) is -0.681. The van der Waals surface area contributed by atoms with Crippen LogP contribution in [0.5, 0.6) is 0 Å². The molecule has 0 aliphatic heterocycles. The number of rotatable bonds is 6. The van der Waals surface area contributed by atoms with Crippen LogP contribution in [0.25, 0.3) is 0 Å². The third-order valence-corrected chi connectivity index (χ3v) is 2.83.